The van der Waals surface area contributed by atoms with Gasteiger partial charge in [0, 0.05) is 59.2 Å². The molecule has 8 atom stereocenters. The van der Waals surface area contributed by atoms with E-state index in [1.54, 1.807) is 21.1 Å². The Morgan fingerprint density at radius 2 is 1.22 bits per heavy atom. The number of rotatable bonds is 10. The van der Waals surface area contributed by atoms with Gasteiger partial charge in [0.1, 0.15) is 31.2 Å². The van der Waals surface area contributed by atoms with Crippen LogP contribution in [0.25, 0.3) is 0 Å². The number of esters is 2. The van der Waals surface area contributed by atoms with Gasteiger partial charge in [-0.25, -0.2) is 0 Å². The lowest BCUT2D eigenvalue weighted by Crippen LogP contribution is -2.53. The summed E-state index contributed by atoms with van der Waals surface area (Å²) in [4.78, 5) is 45.9. The summed E-state index contributed by atoms with van der Waals surface area (Å²) < 4.78 is 46.2. The van der Waals surface area contributed by atoms with E-state index in [0.29, 0.717) is 78.5 Å². The third-order valence-electron chi connectivity index (χ3n) is 11.7. The fraction of sp³-hybridized carbons (Fsp3) is 0.667. The molecule has 2 aromatic carbocycles. The second kappa shape index (κ2) is 31.3. The Balaban J connectivity index is 0.000000289. The molecule has 2 aromatic rings. The normalized spacial score (nSPS) is 28.6. The van der Waals surface area contributed by atoms with Crippen LogP contribution in [0.2, 0.25) is 0 Å². The molecular weight excluding hydrogens is 845 g/mol. The smallest absolute Gasteiger partial charge is 0.306 e. The molecule has 0 aliphatic carbocycles. The van der Waals surface area contributed by atoms with Crippen molar-refractivity contribution >= 4 is 23.5 Å². The quantitative estimate of drug-likeness (QED) is 0.249. The van der Waals surface area contributed by atoms with Crippen molar-refractivity contribution in [1.29, 1.82) is 0 Å². The van der Waals surface area contributed by atoms with Gasteiger partial charge in [0.15, 0.2) is 5.78 Å². The number of hydrogen-bond donors (Lipinski definition) is 4. The highest BCUT2D eigenvalue weighted by atomic mass is 16.5. The van der Waals surface area contributed by atoms with Crippen LogP contribution < -0.4 is 11.5 Å². The van der Waals surface area contributed by atoms with E-state index in [2.05, 4.69) is 0 Å². The number of aliphatic hydroxyl groups excluding tert-OH is 2. The van der Waals surface area contributed by atoms with Gasteiger partial charge in [-0.1, -0.05) is 68.1 Å². The van der Waals surface area contributed by atoms with Crippen LogP contribution in [-0.4, -0.2) is 150 Å². The molecule has 17 heteroatoms. The molecule has 0 saturated carbocycles. The number of aliphatic hydroxyl groups is 2. The average Bonchev–Trinajstić information content (AvgIpc) is 3.31. The SMILES string of the molecule is C.COC1(C)CCOCC1=O.COC1(C)CCOC[C@@H]1N.N[C@H]1COCC[C@@H]1O.O=C(C[C@H]1COCCC1=O)OCc1ccccc1.O=C(C[C@H]1COCC[C@@H]1O)OCc1ccccc1. The van der Waals surface area contributed by atoms with E-state index >= 15 is 0 Å². The summed E-state index contributed by atoms with van der Waals surface area (Å²) in [5.74, 6) is -0.959. The molecule has 65 heavy (non-hydrogen) atoms. The highest BCUT2D eigenvalue weighted by Gasteiger charge is 2.36. The summed E-state index contributed by atoms with van der Waals surface area (Å²) in [7, 11) is 3.26. The molecule has 0 bridgehead atoms. The number of ether oxygens (including phenoxy) is 9. The first-order valence-electron chi connectivity index (χ1n) is 22.0. The van der Waals surface area contributed by atoms with Crippen molar-refractivity contribution in [2.45, 2.75) is 115 Å². The van der Waals surface area contributed by atoms with E-state index < -0.39 is 11.7 Å². The van der Waals surface area contributed by atoms with Crippen LogP contribution in [0.5, 0.6) is 0 Å². The van der Waals surface area contributed by atoms with Gasteiger partial charge >= 0.3 is 11.9 Å². The van der Waals surface area contributed by atoms with Crippen LogP contribution >= 0.6 is 0 Å². The van der Waals surface area contributed by atoms with E-state index in [4.69, 9.17) is 59.2 Å². The Morgan fingerprint density at radius 1 is 0.677 bits per heavy atom. The molecule has 6 N–H and O–H groups in total. The minimum Gasteiger partial charge on any atom is -0.461 e. The second-order valence-corrected chi connectivity index (χ2v) is 16.6. The van der Waals surface area contributed by atoms with Gasteiger partial charge < -0.3 is 64.3 Å². The topological polar surface area (TPSA) is 244 Å². The Hall–Kier alpha value is -3.72. The first-order chi connectivity index (χ1) is 30.7. The van der Waals surface area contributed by atoms with Gasteiger partial charge in [-0.3, -0.25) is 19.2 Å². The number of hydrogen-bond acceptors (Lipinski definition) is 17. The Morgan fingerprint density at radius 3 is 1.68 bits per heavy atom. The third-order valence-corrected chi connectivity index (χ3v) is 11.7. The third kappa shape index (κ3) is 21.6. The molecule has 5 aliphatic rings. The Kier molecular flexibility index (Phi) is 27.6. The summed E-state index contributed by atoms with van der Waals surface area (Å²) in [6, 6.07) is 18.9. The molecule has 5 fully saturated rings. The summed E-state index contributed by atoms with van der Waals surface area (Å²) in [6.07, 6.45) is 2.77. The maximum atomic E-state index is 11.6. The number of ketones is 2. The molecule has 5 aliphatic heterocycles. The van der Waals surface area contributed by atoms with Gasteiger partial charge in [0.2, 0.25) is 0 Å². The number of carbonyl (C=O) groups is 4. The zero-order valence-electron chi connectivity index (χ0n) is 38.0. The van der Waals surface area contributed by atoms with Crippen molar-refractivity contribution in [2.24, 2.45) is 23.3 Å². The van der Waals surface area contributed by atoms with E-state index in [-0.39, 0.29) is 99.2 Å². The van der Waals surface area contributed by atoms with Crippen molar-refractivity contribution in [3.8, 4) is 0 Å². The number of nitrogens with two attached hydrogens (primary N) is 2. The average molecular weight is 921 g/mol. The minimum atomic E-state index is -0.585. The zero-order chi connectivity index (χ0) is 46.8. The molecule has 0 spiro atoms. The molecule has 0 amide bonds. The fourth-order valence-corrected chi connectivity index (χ4v) is 6.65. The molecule has 0 radical (unpaired) electrons. The van der Waals surface area contributed by atoms with Gasteiger partial charge in [-0.2, -0.15) is 0 Å². The van der Waals surface area contributed by atoms with Crippen LogP contribution in [0.1, 0.15) is 77.3 Å². The maximum absolute atomic E-state index is 11.6. The van der Waals surface area contributed by atoms with Crippen molar-refractivity contribution in [2.75, 3.05) is 80.3 Å². The van der Waals surface area contributed by atoms with Gasteiger partial charge in [-0.05, 0) is 37.8 Å². The molecule has 2 unspecified atom stereocenters. The predicted molar refractivity (Wildman–Crippen MR) is 241 cm³/mol. The predicted octanol–water partition coefficient (Wildman–Crippen LogP) is 3.49. The first kappa shape index (κ1) is 57.4. The lowest BCUT2D eigenvalue weighted by atomic mass is 9.92. The van der Waals surface area contributed by atoms with E-state index in [1.165, 1.54) is 0 Å². The summed E-state index contributed by atoms with van der Waals surface area (Å²) in [6.45, 7) is 9.51. The first-order valence-corrected chi connectivity index (χ1v) is 22.0. The minimum absolute atomic E-state index is 0. The zero-order valence-corrected chi connectivity index (χ0v) is 38.0. The lowest BCUT2D eigenvalue weighted by Gasteiger charge is -2.37. The van der Waals surface area contributed by atoms with Crippen LogP contribution in [0.4, 0.5) is 0 Å². The number of Topliss-reactive ketones (excluding diaryl/α,β-unsaturated/α-hetero) is 2. The summed E-state index contributed by atoms with van der Waals surface area (Å²) in [5.41, 5.74) is 12.3. The van der Waals surface area contributed by atoms with Crippen molar-refractivity contribution in [3.05, 3.63) is 71.8 Å². The van der Waals surface area contributed by atoms with Crippen molar-refractivity contribution < 1.29 is 72.0 Å². The molecule has 5 heterocycles. The fourth-order valence-electron chi connectivity index (χ4n) is 6.65. The summed E-state index contributed by atoms with van der Waals surface area (Å²) in [5, 5.41) is 18.7. The molecular formula is C48H76N2O15. The van der Waals surface area contributed by atoms with Crippen LogP contribution in [-0.2, 0) is 75.0 Å². The molecule has 368 valence electrons. The number of methoxy groups -OCH3 is 2. The highest BCUT2D eigenvalue weighted by Crippen LogP contribution is 2.23. The summed E-state index contributed by atoms with van der Waals surface area (Å²) >= 11 is 0. The van der Waals surface area contributed by atoms with Crippen molar-refractivity contribution in [3.63, 3.8) is 0 Å². The standard InChI is InChI=1S/C14H18O4.C14H16O4.C7H15NO2.C7H12O3.C5H11NO2.CH4/c2*15-13-6-7-17-10-12(13)8-14(16)18-9-11-4-2-1-3-5-11;2*1-7(9-2)3-4-10-5-6(7)8;6-4-3-8-2-1-5(4)7;/h1-5,12-13,15H,6-10H2;1-5,12H,6-10H2;6H,3-5,8H2,1-2H3;3-5H2,1-2H3;4-5,7H,1-3,6H2;1H4/t12-,13-;12-;6-,7?;;4-,5-;/m000.0./s1. The van der Waals surface area contributed by atoms with Gasteiger partial charge in [0.25, 0.3) is 0 Å². The van der Waals surface area contributed by atoms with Crippen molar-refractivity contribution in [1.82, 2.24) is 0 Å². The van der Waals surface area contributed by atoms with E-state index in [9.17, 15) is 24.3 Å². The second-order valence-electron chi connectivity index (χ2n) is 16.6. The molecule has 5 saturated heterocycles. The largest absolute Gasteiger partial charge is 0.461 e. The van der Waals surface area contributed by atoms with Crippen LogP contribution in [0, 0.1) is 11.8 Å². The Bertz CT molecular complexity index is 1630. The number of carbonyl (C=O) groups excluding carboxylic acids is 4. The monoisotopic (exact) mass is 921 g/mol. The maximum Gasteiger partial charge on any atom is 0.306 e. The molecule has 7 rings (SSSR count). The highest BCUT2D eigenvalue weighted by molar-refractivity contribution is 5.88. The lowest BCUT2D eigenvalue weighted by molar-refractivity contribution is -0.154. The van der Waals surface area contributed by atoms with Crippen LogP contribution in [0.3, 0.4) is 0 Å². The van der Waals surface area contributed by atoms with Gasteiger partial charge in [0.05, 0.1) is 88.3 Å². The van der Waals surface area contributed by atoms with E-state index in [0.717, 1.165) is 24.2 Å². The van der Waals surface area contributed by atoms with Crippen LogP contribution in [0.15, 0.2) is 60.7 Å². The van der Waals surface area contributed by atoms with E-state index in [1.807, 2.05) is 67.6 Å². The Labute approximate surface area is 385 Å². The molecule has 0 aromatic heterocycles. The van der Waals surface area contributed by atoms with Gasteiger partial charge in [-0.15, -0.1) is 0 Å². The molecule has 17 nitrogen and oxygen atoms in total. The number of benzene rings is 2.